The minimum absolute atomic E-state index is 0.306. The highest BCUT2D eigenvalue weighted by Crippen LogP contribution is 2.30. The highest BCUT2D eigenvalue weighted by Gasteiger charge is 2.23. The van der Waals surface area contributed by atoms with Crippen molar-refractivity contribution in [3.8, 4) is 5.75 Å². The van der Waals surface area contributed by atoms with E-state index in [0.29, 0.717) is 5.75 Å². The van der Waals surface area contributed by atoms with E-state index in [9.17, 15) is 5.11 Å². The van der Waals surface area contributed by atoms with E-state index in [0.717, 1.165) is 21.5 Å². The maximum atomic E-state index is 9.94. The van der Waals surface area contributed by atoms with Crippen molar-refractivity contribution >= 4 is 21.8 Å². The van der Waals surface area contributed by atoms with Crippen LogP contribution < -0.4 is 5.35 Å². The molecule has 1 aliphatic rings. The van der Waals surface area contributed by atoms with Gasteiger partial charge in [-0.2, -0.15) is 0 Å². The monoisotopic (exact) mass is 206 g/mol. The van der Waals surface area contributed by atoms with Crippen molar-refractivity contribution in [1.82, 2.24) is 4.40 Å². The lowest BCUT2D eigenvalue weighted by molar-refractivity contribution is 0.470. The van der Waals surface area contributed by atoms with Crippen LogP contribution in [0.1, 0.15) is 6.92 Å². The zero-order valence-electron chi connectivity index (χ0n) is 7.74. The Hall–Kier alpha value is -1.29. The molecule has 72 valence electrons. The Bertz CT molecular complexity index is 612. The number of hydrogen-bond acceptors (Lipinski definition) is 2. The fourth-order valence-electron chi connectivity index (χ4n) is 2.10. The van der Waals surface area contributed by atoms with Gasteiger partial charge in [0.15, 0.2) is 5.75 Å². The fourth-order valence-corrected chi connectivity index (χ4v) is 3.65. The van der Waals surface area contributed by atoms with E-state index in [4.69, 9.17) is 4.78 Å². The molecule has 14 heavy (non-hydrogen) atoms. The molecule has 3 rings (SSSR count). The van der Waals surface area contributed by atoms with Crippen LogP contribution in [0, 0.1) is 4.78 Å². The van der Waals surface area contributed by atoms with Crippen molar-refractivity contribution in [3.05, 3.63) is 23.7 Å². The molecular formula is C10H10N2OS. The van der Waals surface area contributed by atoms with Crippen molar-refractivity contribution in [2.45, 2.75) is 11.8 Å². The Balaban J connectivity index is 2.66. The fraction of sp³-hybridized carbons (Fsp3) is 0.200. The normalized spacial score (nSPS) is 20.6. The zero-order chi connectivity index (χ0) is 9.87. The maximum Gasteiger partial charge on any atom is 0.156 e. The van der Waals surface area contributed by atoms with Crippen molar-refractivity contribution < 1.29 is 5.11 Å². The highest BCUT2D eigenvalue weighted by molar-refractivity contribution is 7.86. The molecular weight excluding hydrogens is 196 g/mol. The molecule has 0 aromatic carbocycles. The Labute approximate surface area is 83.6 Å². The third-order valence-corrected chi connectivity index (χ3v) is 4.28. The average molecular weight is 206 g/mol. The second kappa shape index (κ2) is 2.39. The standard InChI is InChI=1S/C10H10N2OS/c1-6-5-14(11)10-8(6)12-4-2-3-7(12)9(10)13/h2-4,11,13H,5H2,1H3. The summed E-state index contributed by atoms with van der Waals surface area (Å²) in [4.78, 5) is 0.832. The molecule has 3 nitrogen and oxygen atoms in total. The molecule has 1 unspecified atom stereocenters. The van der Waals surface area contributed by atoms with Crippen molar-refractivity contribution in [3.63, 3.8) is 0 Å². The van der Waals surface area contributed by atoms with E-state index in [1.165, 1.54) is 5.57 Å². The van der Waals surface area contributed by atoms with Crippen LogP contribution in [0.15, 0.2) is 23.2 Å². The lowest BCUT2D eigenvalue weighted by atomic mass is 10.3. The van der Waals surface area contributed by atoms with E-state index in [1.54, 1.807) is 0 Å². The number of aromatic nitrogens is 1. The summed E-state index contributed by atoms with van der Waals surface area (Å²) in [6, 6.07) is 3.81. The predicted octanol–water partition coefficient (Wildman–Crippen LogP) is 1.29. The first-order valence-corrected chi connectivity index (χ1v) is 5.83. The molecule has 3 heterocycles. The molecule has 0 fully saturated rings. The van der Waals surface area contributed by atoms with Crippen LogP contribution >= 0.6 is 0 Å². The first-order chi connectivity index (χ1) is 6.70. The van der Waals surface area contributed by atoms with E-state index in [2.05, 4.69) is 0 Å². The number of aromatic hydroxyl groups is 1. The topological polar surface area (TPSA) is 48.5 Å². The molecule has 0 aliphatic carbocycles. The van der Waals surface area contributed by atoms with Gasteiger partial charge in [0.1, 0.15) is 0 Å². The molecule has 2 aromatic rings. The average Bonchev–Trinajstić information content (AvgIpc) is 2.72. The van der Waals surface area contributed by atoms with Crippen molar-refractivity contribution in [1.29, 1.82) is 4.78 Å². The second-order valence-electron chi connectivity index (χ2n) is 3.61. The molecule has 0 amide bonds. The lowest BCUT2D eigenvalue weighted by Gasteiger charge is -1.95. The molecule has 2 aromatic heterocycles. The van der Waals surface area contributed by atoms with Crippen molar-refractivity contribution in [2.75, 3.05) is 5.75 Å². The van der Waals surface area contributed by atoms with Gasteiger partial charge in [-0.05, 0) is 24.6 Å². The molecule has 4 heteroatoms. The number of nitrogens with zero attached hydrogens (tertiary/aromatic N) is 1. The van der Waals surface area contributed by atoms with Gasteiger partial charge < -0.3 is 9.51 Å². The molecule has 1 atom stereocenters. The first-order valence-electron chi connectivity index (χ1n) is 4.43. The highest BCUT2D eigenvalue weighted by atomic mass is 32.2. The molecule has 0 radical (unpaired) electrons. The van der Waals surface area contributed by atoms with Gasteiger partial charge in [0.2, 0.25) is 0 Å². The van der Waals surface area contributed by atoms with E-state index in [1.807, 2.05) is 29.7 Å². The van der Waals surface area contributed by atoms with Crippen LogP contribution in [0.3, 0.4) is 0 Å². The number of nitrogens with one attached hydrogen (secondary N) is 1. The Morgan fingerprint density at radius 2 is 2.36 bits per heavy atom. The first kappa shape index (κ1) is 8.05. The summed E-state index contributed by atoms with van der Waals surface area (Å²) in [5.41, 5.74) is 2.04. The Morgan fingerprint density at radius 1 is 1.57 bits per heavy atom. The van der Waals surface area contributed by atoms with Crippen molar-refractivity contribution in [2.24, 2.45) is 0 Å². The smallest absolute Gasteiger partial charge is 0.156 e. The molecule has 0 saturated carbocycles. The molecule has 0 bridgehead atoms. The summed E-state index contributed by atoms with van der Waals surface area (Å²) in [5, 5.41) is 11.0. The zero-order valence-corrected chi connectivity index (χ0v) is 8.56. The molecule has 0 saturated heterocycles. The van der Waals surface area contributed by atoms with Gasteiger partial charge in [0, 0.05) is 11.9 Å². The van der Waals surface area contributed by atoms with Gasteiger partial charge in [-0.15, -0.1) is 0 Å². The summed E-state index contributed by atoms with van der Waals surface area (Å²) in [5.74, 6) is 1.08. The number of rotatable bonds is 0. The predicted molar refractivity (Wildman–Crippen MR) is 56.6 cm³/mol. The Kier molecular flexibility index (Phi) is 1.37. The SMILES string of the molecule is CC1=c2c(c(O)c3cccn23)S(=N)C1. The summed E-state index contributed by atoms with van der Waals surface area (Å²) < 4.78 is 9.88. The molecule has 2 N–H and O–H groups in total. The second-order valence-corrected chi connectivity index (χ2v) is 5.08. The van der Waals surface area contributed by atoms with E-state index >= 15 is 0 Å². The van der Waals surface area contributed by atoms with Gasteiger partial charge in [-0.1, -0.05) is 10.7 Å². The van der Waals surface area contributed by atoms with Crippen LogP contribution in [0.25, 0.3) is 11.1 Å². The van der Waals surface area contributed by atoms with Gasteiger partial charge in [-0.3, -0.25) is 4.78 Å². The Morgan fingerprint density at radius 3 is 3.14 bits per heavy atom. The van der Waals surface area contributed by atoms with Crippen LogP contribution in [0.2, 0.25) is 0 Å². The van der Waals surface area contributed by atoms with E-state index < -0.39 is 10.7 Å². The maximum absolute atomic E-state index is 9.94. The quantitative estimate of drug-likeness (QED) is 0.670. The number of fused-ring (bicyclic) bond motifs is 3. The summed E-state index contributed by atoms with van der Waals surface area (Å²) in [6.07, 6.45) is 1.94. The molecule has 0 spiro atoms. The minimum Gasteiger partial charge on any atom is -0.505 e. The molecule has 1 aliphatic heterocycles. The lowest BCUT2D eigenvalue weighted by Crippen LogP contribution is -2.09. The third kappa shape index (κ3) is 0.749. The van der Waals surface area contributed by atoms with E-state index in [-0.39, 0.29) is 0 Å². The van der Waals surface area contributed by atoms with Crippen LogP contribution in [-0.2, 0) is 10.7 Å². The van der Waals surface area contributed by atoms with Crippen LogP contribution in [-0.4, -0.2) is 15.3 Å². The van der Waals surface area contributed by atoms with Crippen LogP contribution in [0.4, 0.5) is 0 Å². The summed E-state index contributed by atoms with van der Waals surface area (Å²) in [6.45, 7) is 2.04. The minimum atomic E-state index is -0.558. The van der Waals surface area contributed by atoms with Gasteiger partial charge in [0.05, 0.1) is 15.8 Å². The number of hydrogen-bond donors (Lipinski definition) is 2. The van der Waals surface area contributed by atoms with Gasteiger partial charge >= 0.3 is 0 Å². The largest absolute Gasteiger partial charge is 0.505 e. The van der Waals surface area contributed by atoms with Gasteiger partial charge in [-0.25, -0.2) is 0 Å². The van der Waals surface area contributed by atoms with Gasteiger partial charge in [0.25, 0.3) is 0 Å². The summed E-state index contributed by atoms with van der Waals surface area (Å²) in [7, 11) is -0.558. The summed E-state index contributed by atoms with van der Waals surface area (Å²) >= 11 is 0. The third-order valence-electron chi connectivity index (χ3n) is 2.67. The van der Waals surface area contributed by atoms with Crippen LogP contribution in [0.5, 0.6) is 5.75 Å².